The summed E-state index contributed by atoms with van der Waals surface area (Å²) in [6.07, 6.45) is 3.10. The third kappa shape index (κ3) is 6.23. The molecule has 6 heteroatoms. The Kier molecular flexibility index (Phi) is 7.94. The minimum Gasteiger partial charge on any atom is -0.356 e. The van der Waals surface area contributed by atoms with Crippen molar-refractivity contribution in [1.29, 1.82) is 0 Å². The van der Waals surface area contributed by atoms with Crippen molar-refractivity contribution in [3.05, 3.63) is 70.2 Å². The molecule has 5 nitrogen and oxygen atoms in total. The Hall–Kier alpha value is -2.53. The number of guanidine groups is 1. The highest BCUT2D eigenvalue weighted by Gasteiger charge is 2.19. The van der Waals surface area contributed by atoms with Crippen molar-refractivity contribution in [2.24, 2.45) is 4.99 Å². The average Bonchev–Trinajstić information content (AvgIpc) is 2.76. The molecule has 0 spiro atoms. The zero-order chi connectivity index (χ0) is 20.5. The number of halogens is 1. The molecule has 0 unspecified atom stereocenters. The summed E-state index contributed by atoms with van der Waals surface area (Å²) in [7, 11) is 1.75. The first-order valence-electron chi connectivity index (χ1n) is 10.2. The highest BCUT2D eigenvalue weighted by Crippen LogP contribution is 2.19. The van der Waals surface area contributed by atoms with Gasteiger partial charge in [0.25, 0.3) is 0 Å². The van der Waals surface area contributed by atoms with Gasteiger partial charge in [0.15, 0.2) is 5.96 Å². The van der Waals surface area contributed by atoms with E-state index in [1.165, 1.54) is 11.1 Å². The van der Waals surface area contributed by atoms with Crippen molar-refractivity contribution in [3.8, 4) is 0 Å². The molecule has 1 aliphatic rings. The first kappa shape index (κ1) is 21.2. The van der Waals surface area contributed by atoms with Crippen molar-refractivity contribution >= 4 is 23.5 Å². The quantitative estimate of drug-likeness (QED) is 0.416. The summed E-state index contributed by atoms with van der Waals surface area (Å²) in [6, 6.07) is 16.3. The Balaban J connectivity index is 1.34. The monoisotopic (exact) mass is 412 g/mol. The lowest BCUT2D eigenvalue weighted by Crippen LogP contribution is -2.39. The molecule has 29 heavy (non-hydrogen) atoms. The molecule has 1 aliphatic heterocycles. The summed E-state index contributed by atoms with van der Waals surface area (Å²) in [5.41, 5.74) is 3.75. The van der Waals surface area contributed by atoms with Crippen LogP contribution in [0.5, 0.6) is 0 Å². The topological polar surface area (TPSA) is 56.7 Å². The number of nitrogens with zero attached hydrogens (tertiary/aromatic N) is 2. The summed E-state index contributed by atoms with van der Waals surface area (Å²) in [4.78, 5) is 18.7. The average molecular weight is 413 g/mol. The van der Waals surface area contributed by atoms with Crippen LogP contribution < -0.4 is 10.6 Å². The zero-order valence-electron chi connectivity index (χ0n) is 17.0. The van der Waals surface area contributed by atoms with E-state index >= 15 is 0 Å². The molecule has 0 aliphatic carbocycles. The molecule has 2 aromatic carbocycles. The number of rotatable bonds is 7. The van der Waals surface area contributed by atoms with E-state index in [4.69, 9.17) is 11.6 Å². The number of fused-ring (bicyclic) bond motifs is 1. The molecule has 0 fully saturated rings. The lowest BCUT2D eigenvalue weighted by molar-refractivity contribution is -0.132. The third-order valence-corrected chi connectivity index (χ3v) is 5.58. The fraction of sp³-hybridized carbons (Fsp3) is 0.391. The van der Waals surface area contributed by atoms with Gasteiger partial charge in [-0.05, 0) is 42.0 Å². The molecule has 1 heterocycles. The molecule has 154 valence electrons. The standard InChI is InChI=1S/C23H29ClN4O/c1-25-23(27-15-12-19-8-4-5-10-21(19)24)26-14-6-11-22(29)28-16-13-18-7-2-3-9-20(18)17-28/h2-5,7-10H,6,11-17H2,1H3,(H2,25,26,27). The SMILES string of the molecule is CN=C(NCCCC(=O)N1CCc2ccccc2C1)NCCc1ccccc1Cl. The van der Waals surface area contributed by atoms with Gasteiger partial charge in [-0.2, -0.15) is 0 Å². The van der Waals surface area contributed by atoms with Gasteiger partial charge in [0.2, 0.25) is 5.91 Å². The van der Waals surface area contributed by atoms with E-state index in [9.17, 15) is 4.79 Å². The van der Waals surface area contributed by atoms with Gasteiger partial charge in [-0.1, -0.05) is 54.1 Å². The van der Waals surface area contributed by atoms with E-state index in [2.05, 4.69) is 33.8 Å². The van der Waals surface area contributed by atoms with Crippen LogP contribution in [0.1, 0.15) is 29.5 Å². The lowest BCUT2D eigenvalue weighted by atomic mass is 9.99. The Morgan fingerprint density at radius 1 is 1.07 bits per heavy atom. The fourth-order valence-electron chi connectivity index (χ4n) is 3.55. The molecule has 2 aromatic rings. The van der Waals surface area contributed by atoms with Gasteiger partial charge in [0, 0.05) is 44.7 Å². The Morgan fingerprint density at radius 3 is 2.59 bits per heavy atom. The first-order valence-corrected chi connectivity index (χ1v) is 10.6. The number of nitrogens with one attached hydrogen (secondary N) is 2. The van der Waals surface area contributed by atoms with Crippen LogP contribution in [0.4, 0.5) is 0 Å². The molecule has 1 amide bonds. The molecule has 3 rings (SSSR count). The number of benzene rings is 2. The molecule has 0 aromatic heterocycles. The molecule has 0 saturated carbocycles. The van der Waals surface area contributed by atoms with Gasteiger partial charge >= 0.3 is 0 Å². The van der Waals surface area contributed by atoms with Crippen LogP contribution in [-0.2, 0) is 24.2 Å². The van der Waals surface area contributed by atoms with Crippen LogP contribution in [0.25, 0.3) is 0 Å². The second-order valence-corrected chi connectivity index (χ2v) is 7.61. The Bertz CT molecular complexity index is 852. The Morgan fingerprint density at radius 2 is 1.79 bits per heavy atom. The number of carbonyl (C=O) groups excluding carboxylic acids is 1. The van der Waals surface area contributed by atoms with Gasteiger partial charge < -0.3 is 15.5 Å². The second kappa shape index (κ2) is 10.9. The van der Waals surface area contributed by atoms with Gasteiger partial charge in [0.1, 0.15) is 0 Å². The molecular formula is C23H29ClN4O. The van der Waals surface area contributed by atoms with Crippen molar-refractivity contribution < 1.29 is 4.79 Å². The lowest BCUT2D eigenvalue weighted by Gasteiger charge is -2.29. The van der Waals surface area contributed by atoms with Crippen molar-refractivity contribution in [3.63, 3.8) is 0 Å². The maximum atomic E-state index is 12.5. The summed E-state index contributed by atoms with van der Waals surface area (Å²) < 4.78 is 0. The Labute approximate surface area is 178 Å². The van der Waals surface area contributed by atoms with Gasteiger partial charge in [-0.25, -0.2) is 0 Å². The first-order chi connectivity index (χ1) is 14.2. The fourth-order valence-corrected chi connectivity index (χ4v) is 3.78. The predicted molar refractivity (Wildman–Crippen MR) is 119 cm³/mol. The molecule has 2 N–H and O–H groups in total. The largest absolute Gasteiger partial charge is 0.356 e. The maximum absolute atomic E-state index is 12.5. The van der Waals surface area contributed by atoms with E-state index in [1.807, 2.05) is 35.2 Å². The second-order valence-electron chi connectivity index (χ2n) is 7.20. The van der Waals surface area contributed by atoms with Crippen LogP contribution in [-0.4, -0.2) is 43.4 Å². The normalized spacial score (nSPS) is 13.7. The van der Waals surface area contributed by atoms with Crippen molar-refractivity contribution in [2.45, 2.75) is 32.2 Å². The summed E-state index contributed by atoms with van der Waals surface area (Å²) in [5, 5.41) is 7.36. The van der Waals surface area contributed by atoms with Gasteiger partial charge in [-0.15, -0.1) is 0 Å². The molecule has 0 atom stereocenters. The van der Waals surface area contributed by atoms with Crippen molar-refractivity contribution in [2.75, 3.05) is 26.7 Å². The van der Waals surface area contributed by atoms with E-state index in [0.717, 1.165) is 55.4 Å². The van der Waals surface area contributed by atoms with E-state index in [1.54, 1.807) is 7.05 Å². The van der Waals surface area contributed by atoms with Crippen LogP contribution in [0, 0.1) is 0 Å². The third-order valence-electron chi connectivity index (χ3n) is 5.21. The zero-order valence-corrected chi connectivity index (χ0v) is 17.7. The van der Waals surface area contributed by atoms with Crippen LogP contribution >= 0.6 is 11.6 Å². The molecule has 0 saturated heterocycles. The van der Waals surface area contributed by atoms with E-state index < -0.39 is 0 Å². The van der Waals surface area contributed by atoms with Crippen molar-refractivity contribution in [1.82, 2.24) is 15.5 Å². The molecular weight excluding hydrogens is 384 g/mol. The van der Waals surface area contributed by atoms with Gasteiger partial charge in [0.05, 0.1) is 0 Å². The number of hydrogen-bond donors (Lipinski definition) is 2. The van der Waals surface area contributed by atoms with Crippen LogP contribution in [0.3, 0.4) is 0 Å². The highest BCUT2D eigenvalue weighted by molar-refractivity contribution is 6.31. The summed E-state index contributed by atoms with van der Waals surface area (Å²) in [6.45, 7) is 3.00. The van der Waals surface area contributed by atoms with E-state index in [0.29, 0.717) is 13.0 Å². The minimum atomic E-state index is 0.225. The number of aliphatic imine (C=N–C) groups is 1. The van der Waals surface area contributed by atoms with Crippen LogP contribution in [0.15, 0.2) is 53.5 Å². The van der Waals surface area contributed by atoms with Crippen LogP contribution in [0.2, 0.25) is 5.02 Å². The van der Waals surface area contributed by atoms with Gasteiger partial charge in [-0.3, -0.25) is 9.79 Å². The molecule has 0 radical (unpaired) electrons. The highest BCUT2D eigenvalue weighted by atomic mass is 35.5. The number of amides is 1. The number of carbonyl (C=O) groups is 1. The summed E-state index contributed by atoms with van der Waals surface area (Å²) in [5.74, 6) is 0.972. The molecule has 0 bridgehead atoms. The minimum absolute atomic E-state index is 0.225. The summed E-state index contributed by atoms with van der Waals surface area (Å²) >= 11 is 6.19. The number of hydrogen-bond acceptors (Lipinski definition) is 2. The maximum Gasteiger partial charge on any atom is 0.222 e. The smallest absolute Gasteiger partial charge is 0.222 e. The predicted octanol–water partition coefficient (Wildman–Crippen LogP) is 3.41. The van der Waals surface area contributed by atoms with E-state index in [-0.39, 0.29) is 5.91 Å².